The number of hydrogen-bond acceptors (Lipinski definition) is 6. The molecule has 1 atom stereocenters. The zero-order chi connectivity index (χ0) is 19.4. The minimum Gasteiger partial charge on any atom is -0.497 e. The van der Waals surface area contributed by atoms with E-state index in [1.165, 1.54) is 4.90 Å². The van der Waals surface area contributed by atoms with Gasteiger partial charge in [-0.15, -0.1) is 0 Å². The van der Waals surface area contributed by atoms with Gasteiger partial charge in [-0.05, 0) is 42.0 Å². The molecule has 1 saturated heterocycles. The molecular weight excluding hydrogens is 348 g/mol. The van der Waals surface area contributed by atoms with Gasteiger partial charge in [0.05, 0.1) is 39.5 Å². The largest absolute Gasteiger partial charge is 0.497 e. The summed E-state index contributed by atoms with van der Waals surface area (Å²) < 4.78 is 15.6. The Kier molecular flexibility index (Phi) is 5.61. The van der Waals surface area contributed by atoms with Gasteiger partial charge >= 0.3 is 0 Å². The highest BCUT2D eigenvalue weighted by atomic mass is 16.5. The summed E-state index contributed by atoms with van der Waals surface area (Å²) in [5.41, 5.74) is 1.47. The number of amides is 2. The fourth-order valence-electron chi connectivity index (χ4n) is 3.03. The Morgan fingerprint density at radius 2 is 1.67 bits per heavy atom. The van der Waals surface area contributed by atoms with Crippen LogP contribution in [0.2, 0.25) is 0 Å². The lowest BCUT2D eigenvalue weighted by atomic mass is 10.1. The van der Waals surface area contributed by atoms with Gasteiger partial charge in [0.25, 0.3) is 5.91 Å². The Bertz CT molecular complexity index is 835. The predicted molar refractivity (Wildman–Crippen MR) is 100 cm³/mol. The Morgan fingerprint density at radius 1 is 0.963 bits per heavy atom. The van der Waals surface area contributed by atoms with Crippen molar-refractivity contribution in [3.63, 3.8) is 0 Å². The summed E-state index contributed by atoms with van der Waals surface area (Å²) in [7, 11) is 4.71. The first-order valence-electron chi connectivity index (χ1n) is 8.52. The van der Waals surface area contributed by atoms with Crippen molar-refractivity contribution >= 4 is 17.5 Å². The Morgan fingerprint density at radius 3 is 2.30 bits per heavy atom. The molecule has 0 radical (unpaired) electrons. The van der Waals surface area contributed by atoms with Gasteiger partial charge in [-0.25, -0.2) is 4.90 Å². The van der Waals surface area contributed by atoms with E-state index in [0.29, 0.717) is 29.5 Å². The summed E-state index contributed by atoms with van der Waals surface area (Å²) in [5.74, 6) is 1.44. The Hall–Kier alpha value is -3.06. The van der Waals surface area contributed by atoms with Crippen molar-refractivity contribution in [3.05, 3.63) is 48.0 Å². The molecule has 1 heterocycles. The van der Waals surface area contributed by atoms with Gasteiger partial charge in [0.15, 0.2) is 11.5 Å². The molecular formula is C20H22N2O5. The highest BCUT2D eigenvalue weighted by Crippen LogP contribution is 2.28. The highest BCUT2D eigenvalue weighted by Gasteiger charge is 2.39. The van der Waals surface area contributed by atoms with Gasteiger partial charge in [-0.1, -0.05) is 6.07 Å². The van der Waals surface area contributed by atoms with Crippen LogP contribution in [0.25, 0.3) is 0 Å². The molecule has 7 heteroatoms. The van der Waals surface area contributed by atoms with Gasteiger partial charge in [0, 0.05) is 6.54 Å². The molecule has 2 aromatic carbocycles. The minimum absolute atomic E-state index is 0.123. The van der Waals surface area contributed by atoms with Crippen LogP contribution in [0.5, 0.6) is 17.2 Å². The molecule has 0 saturated carbocycles. The monoisotopic (exact) mass is 370 g/mol. The van der Waals surface area contributed by atoms with E-state index in [-0.39, 0.29) is 18.2 Å². The number of nitrogens with zero attached hydrogens (tertiary/aromatic N) is 1. The molecule has 1 fully saturated rings. The third-order valence-corrected chi connectivity index (χ3v) is 4.48. The molecule has 27 heavy (non-hydrogen) atoms. The van der Waals surface area contributed by atoms with Crippen molar-refractivity contribution in [3.8, 4) is 17.2 Å². The fourth-order valence-corrected chi connectivity index (χ4v) is 3.03. The SMILES string of the molecule is COc1ccc(N2C(=O)C[C@H](NCc3ccc(OC)c(OC)c3)C2=O)cc1. The van der Waals surface area contributed by atoms with Crippen molar-refractivity contribution < 1.29 is 23.8 Å². The van der Waals surface area contributed by atoms with E-state index in [4.69, 9.17) is 14.2 Å². The molecule has 0 bridgehead atoms. The minimum atomic E-state index is -0.562. The van der Waals surface area contributed by atoms with Crippen LogP contribution < -0.4 is 24.4 Å². The summed E-state index contributed by atoms with van der Waals surface area (Å²) in [6.45, 7) is 0.431. The summed E-state index contributed by atoms with van der Waals surface area (Å²) in [4.78, 5) is 26.2. The lowest BCUT2D eigenvalue weighted by Crippen LogP contribution is -2.38. The number of ether oxygens (including phenoxy) is 3. The zero-order valence-corrected chi connectivity index (χ0v) is 15.5. The van der Waals surface area contributed by atoms with E-state index in [1.807, 2.05) is 12.1 Å². The van der Waals surface area contributed by atoms with Gasteiger partial charge in [-0.3, -0.25) is 9.59 Å². The molecule has 7 nitrogen and oxygen atoms in total. The summed E-state index contributed by atoms with van der Waals surface area (Å²) >= 11 is 0. The quantitative estimate of drug-likeness (QED) is 0.753. The Labute approximate surface area is 157 Å². The Balaban J connectivity index is 1.68. The van der Waals surface area contributed by atoms with Crippen LogP contribution in [-0.4, -0.2) is 39.2 Å². The van der Waals surface area contributed by atoms with Crippen LogP contribution in [0.15, 0.2) is 42.5 Å². The van der Waals surface area contributed by atoms with E-state index >= 15 is 0 Å². The molecule has 142 valence electrons. The van der Waals surface area contributed by atoms with Crippen molar-refractivity contribution in [2.45, 2.75) is 19.0 Å². The maximum atomic E-state index is 12.7. The van der Waals surface area contributed by atoms with E-state index in [0.717, 1.165) is 5.56 Å². The lowest BCUT2D eigenvalue weighted by Gasteiger charge is -2.16. The molecule has 1 aliphatic rings. The van der Waals surface area contributed by atoms with Gasteiger partial charge in [0.1, 0.15) is 5.75 Å². The third kappa shape index (κ3) is 3.88. The summed E-state index contributed by atoms with van der Waals surface area (Å²) in [5, 5.41) is 3.16. The van der Waals surface area contributed by atoms with Crippen LogP contribution in [0.4, 0.5) is 5.69 Å². The number of rotatable bonds is 7. The second kappa shape index (κ2) is 8.09. The maximum Gasteiger partial charge on any atom is 0.251 e. The molecule has 1 N–H and O–H groups in total. The molecule has 1 aliphatic heterocycles. The number of carbonyl (C=O) groups excluding carboxylic acids is 2. The van der Waals surface area contributed by atoms with E-state index < -0.39 is 6.04 Å². The van der Waals surface area contributed by atoms with Crippen molar-refractivity contribution in [2.24, 2.45) is 0 Å². The first kappa shape index (κ1) is 18.7. The fraction of sp³-hybridized carbons (Fsp3) is 0.300. The van der Waals surface area contributed by atoms with Crippen LogP contribution in [0.3, 0.4) is 0 Å². The van der Waals surface area contributed by atoms with Gasteiger partial charge in [-0.2, -0.15) is 0 Å². The molecule has 2 amide bonds. The lowest BCUT2D eigenvalue weighted by molar-refractivity contribution is -0.121. The number of anilines is 1. The second-order valence-corrected chi connectivity index (χ2v) is 6.09. The number of carbonyl (C=O) groups is 2. The topological polar surface area (TPSA) is 77.1 Å². The average molecular weight is 370 g/mol. The standard InChI is InChI=1S/C20H22N2O5/c1-25-15-7-5-14(6-8-15)22-19(23)11-16(20(22)24)21-12-13-4-9-17(26-2)18(10-13)27-3/h4-10,16,21H,11-12H2,1-3H3/t16-/m0/s1. The molecule has 0 spiro atoms. The maximum absolute atomic E-state index is 12.7. The van der Waals surface area contributed by atoms with Crippen LogP contribution in [-0.2, 0) is 16.1 Å². The first-order valence-corrected chi connectivity index (χ1v) is 8.52. The second-order valence-electron chi connectivity index (χ2n) is 6.09. The first-order chi connectivity index (χ1) is 13.1. The highest BCUT2D eigenvalue weighted by molar-refractivity contribution is 6.22. The third-order valence-electron chi connectivity index (χ3n) is 4.48. The molecule has 2 aromatic rings. The van der Waals surface area contributed by atoms with Gasteiger partial charge in [0.2, 0.25) is 5.91 Å². The van der Waals surface area contributed by atoms with E-state index in [2.05, 4.69) is 5.32 Å². The predicted octanol–water partition coefficient (Wildman–Crippen LogP) is 2.13. The van der Waals surface area contributed by atoms with Crippen molar-refractivity contribution in [1.29, 1.82) is 0 Å². The molecule has 3 rings (SSSR count). The summed E-state index contributed by atoms with van der Waals surface area (Å²) in [6, 6.07) is 11.8. The number of hydrogen-bond donors (Lipinski definition) is 1. The molecule has 0 unspecified atom stereocenters. The van der Waals surface area contributed by atoms with E-state index in [9.17, 15) is 9.59 Å². The van der Waals surface area contributed by atoms with Crippen LogP contribution >= 0.6 is 0 Å². The zero-order valence-electron chi connectivity index (χ0n) is 15.5. The normalized spacial score (nSPS) is 16.6. The van der Waals surface area contributed by atoms with Crippen LogP contribution in [0.1, 0.15) is 12.0 Å². The number of imide groups is 1. The molecule has 0 aromatic heterocycles. The number of benzene rings is 2. The van der Waals surface area contributed by atoms with Crippen LogP contribution in [0, 0.1) is 0 Å². The van der Waals surface area contributed by atoms with Gasteiger partial charge < -0.3 is 19.5 Å². The number of nitrogens with one attached hydrogen (secondary N) is 1. The average Bonchev–Trinajstić information content (AvgIpc) is 2.99. The summed E-state index contributed by atoms with van der Waals surface area (Å²) in [6.07, 6.45) is 0.123. The number of methoxy groups -OCH3 is 3. The van der Waals surface area contributed by atoms with E-state index in [1.54, 1.807) is 51.7 Å². The van der Waals surface area contributed by atoms with Crippen molar-refractivity contribution in [1.82, 2.24) is 5.32 Å². The van der Waals surface area contributed by atoms with Crippen molar-refractivity contribution in [2.75, 3.05) is 26.2 Å². The molecule has 0 aliphatic carbocycles. The smallest absolute Gasteiger partial charge is 0.251 e.